The molecule has 2 atom stereocenters. The molecule has 1 fully saturated rings. The number of hydrogen-bond acceptors (Lipinski definition) is 3. The van der Waals surface area contributed by atoms with Gasteiger partial charge < -0.3 is 14.4 Å². The van der Waals surface area contributed by atoms with Crippen molar-refractivity contribution in [3.63, 3.8) is 0 Å². The lowest BCUT2D eigenvalue weighted by Gasteiger charge is -2.45. The summed E-state index contributed by atoms with van der Waals surface area (Å²) in [7, 11) is -1.80. The first kappa shape index (κ1) is 15.7. The molecule has 0 aromatic carbocycles. The van der Waals surface area contributed by atoms with E-state index in [-0.39, 0.29) is 29.6 Å². The van der Waals surface area contributed by atoms with Gasteiger partial charge in [-0.15, -0.1) is 0 Å². The zero-order valence-electron chi connectivity index (χ0n) is 12.5. The van der Waals surface area contributed by atoms with E-state index in [1.165, 1.54) is 0 Å². The third-order valence-electron chi connectivity index (χ3n) is 4.27. The minimum absolute atomic E-state index is 0.0201. The number of aliphatic hydroxyl groups excluding tert-OH is 1. The Morgan fingerprint density at radius 3 is 2.44 bits per heavy atom. The summed E-state index contributed by atoms with van der Waals surface area (Å²) in [5.41, 5.74) is 0. The zero-order valence-corrected chi connectivity index (χ0v) is 13.5. The molecule has 0 aromatic rings. The number of amides is 1. The Balaban J connectivity index is 2.54. The highest BCUT2D eigenvalue weighted by molar-refractivity contribution is 6.74. The average Bonchev–Trinajstić information content (AvgIpc) is 2.20. The zero-order chi connectivity index (χ0) is 14.1. The van der Waals surface area contributed by atoms with E-state index < -0.39 is 8.32 Å². The highest BCUT2D eigenvalue weighted by Gasteiger charge is 2.45. The summed E-state index contributed by atoms with van der Waals surface area (Å²) >= 11 is 0. The van der Waals surface area contributed by atoms with Crippen LogP contribution in [-0.4, -0.2) is 50.0 Å². The van der Waals surface area contributed by atoms with Gasteiger partial charge in [0, 0.05) is 13.1 Å². The van der Waals surface area contributed by atoms with Gasteiger partial charge in [0.15, 0.2) is 8.32 Å². The fraction of sp³-hybridized carbons (Fsp3) is 0.923. The van der Waals surface area contributed by atoms with E-state index in [0.29, 0.717) is 6.54 Å². The molecule has 5 heteroatoms. The molecule has 0 aliphatic carbocycles. The lowest BCUT2D eigenvalue weighted by molar-refractivity contribution is -0.153. The van der Waals surface area contributed by atoms with Crippen LogP contribution in [0.4, 0.5) is 0 Å². The number of β-amino-alcohol motifs (C(OH)–C–C–N with tert-alkyl or cyclic N) is 1. The molecule has 106 valence electrons. The minimum atomic E-state index is -1.80. The molecular weight excluding hydrogens is 246 g/mol. The lowest BCUT2D eigenvalue weighted by Crippen LogP contribution is -2.59. The molecule has 1 amide bonds. The molecular formula is C13H27NO3Si. The predicted octanol–water partition coefficient (Wildman–Crippen LogP) is 1.85. The molecule has 0 saturated carbocycles. The molecule has 18 heavy (non-hydrogen) atoms. The lowest BCUT2D eigenvalue weighted by atomic mass is 9.94. The van der Waals surface area contributed by atoms with Gasteiger partial charge in [-0.3, -0.25) is 4.79 Å². The van der Waals surface area contributed by atoms with E-state index in [4.69, 9.17) is 9.53 Å². The highest BCUT2D eigenvalue weighted by atomic mass is 28.4. The standard InChI is InChI=1S/C13H27NO3Si/c1-10(17-18(5,6)13(2,3)4)11-9-14(7-8-15)12(11)16/h10-11,15H,7-9H2,1-6H3/t10-,11+/m1/s1. The van der Waals surface area contributed by atoms with Crippen molar-refractivity contribution in [1.29, 1.82) is 0 Å². The summed E-state index contributed by atoms with van der Waals surface area (Å²) in [6.07, 6.45) is -0.0201. The Morgan fingerprint density at radius 2 is 2.06 bits per heavy atom. The topological polar surface area (TPSA) is 49.8 Å². The Morgan fingerprint density at radius 1 is 1.50 bits per heavy atom. The summed E-state index contributed by atoms with van der Waals surface area (Å²) in [6.45, 7) is 14.2. The van der Waals surface area contributed by atoms with Crippen molar-refractivity contribution in [2.24, 2.45) is 5.92 Å². The van der Waals surface area contributed by atoms with E-state index in [2.05, 4.69) is 33.9 Å². The van der Waals surface area contributed by atoms with Crippen molar-refractivity contribution in [3.8, 4) is 0 Å². The molecule has 0 aromatic heterocycles. The van der Waals surface area contributed by atoms with Crippen LogP contribution in [0.3, 0.4) is 0 Å². The Bertz CT molecular complexity index is 312. The molecule has 1 N–H and O–H groups in total. The van der Waals surface area contributed by atoms with Crippen LogP contribution >= 0.6 is 0 Å². The first-order chi connectivity index (χ1) is 8.10. The number of carbonyl (C=O) groups is 1. The summed E-state index contributed by atoms with van der Waals surface area (Å²) in [4.78, 5) is 13.6. The maximum atomic E-state index is 11.9. The number of likely N-dealkylation sites (tertiary alicyclic amines) is 1. The van der Waals surface area contributed by atoms with Gasteiger partial charge in [0.05, 0.1) is 18.6 Å². The first-order valence-electron chi connectivity index (χ1n) is 6.67. The fourth-order valence-corrected chi connectivity index (χ4v) is 3.37. The molecule has 0 radical (unpaired) electrons. The summed E-state index contributed by atoms with van der Waals surface area (Å²) < 4.78 is 6.23. The van der Waals surface area contributed by atoms with E-state index in [1.54, 1.807) is 4.90 Å². The van der Waals surface area contributed by atoms with Crippen molar-refractivity contribution >= 4 is 14.2 Å². The van der Waals surface area contributed by atoms with Crippen LogP contribution in [0, 0.1) is 5.92 Å². The predicted molar refractivity (Wildman–Crippen MR) is 74.9 cm³/mol. The van der Waals surface area contributed by atoms with Crippen LogP contribution in [0.15, 0.2) is 0 Å². The molecule has 1 rings (SSSR count). The van der Waals surface area contributed by atoms with Crippen LogP contribution in [0.2, 0.25) is 18.1 Å². The summed E-state index contributed by atoms with van der Waals surface area (Å²) in [5.74, 6) is 0.0981. The average molecular weight is 273 g/mol. The monoisotopic (exact) mass is 273 g/mol. The van der Waals surface area contributed by atoms with Crippen LogP contribution in [-0.2, 0) is 9.22 Å². The Labute approximate surface area is 111 Å². The largest absolute Gasteiger partial charge is 0.413 e. The molecule has 1 aliphatic rings. The van der Waals surface area contributed by atoms with Gasteiger partial charge in [0.25, 0.3) is 0 Å². The van der Waals surface area contributed by atoms with Crippen LogP contribution in [0.5, 0.6) is 0 Å². The van der Waals surface area contributed by atoms with Crippen LogP contribution in [0.1, 0.15) is 27.7 Å². The van der Waals surface area contributed by atoms with E-state index in [9.17, 15) is 4.79 Å². The number of nitrogens with zero attached hydrogens (tertiary/aromatic N) is 1. The van der Waals surface area contributed by atoms with Gasteiger partial charge in [-0.25, -0.2) is 0 Å². The molecule has 1 heterocycles. The van der Waals surface area contributed by atoms with Gasteiger partial charge in [-0.2, -0.15) is 0 Å². The molecule has 4 nitrogen and oxygen atoms in total. The SMILES string of the molecule is C[C@@H](O[Si](C)(C)C(C)(C)C)[C@@H]1CN(CCO)C1=O. The van der Waals surface area contributed by atoms with Gasteiger partial charge in [0.2, 0.25) is 5.91 Å². The number of β-lactam (4-membered cyclic amide) rings is 1. The Hall–Kier alpha value is -0.393. The quantitative estimate of drug-likeness (QED) is 0.614. The molecule has 0 bridgehead atoms. The third-order valence-corrected chi connectivity index (χ3v) is 8.84. The molecule has 0 unspecified atom stereocenters. The third kappa shape index (κ3) is 3.13. The van der Waals surface area contributed by atoms with E-state index in [1.807, 2.05) is 6.92 Å². The van der Waals surface area contributed by atoms with Crippen LogP contribution < -0.4 is 0 Å². The second kappa shape index (κ2) is 5.31. The number of carbonyl (C=O) groups excluding carboxylic acids is 1. The highest BCUT2D eigenvalue weighted by Crippen LogP contribution is 2.38. The molecule has 1 saturated heterocycles. The number of hydrogen-bond donors (Lipinski definition) is 1. The normalized spacial score (nSPS) is 22.9. The second-order valence-electron chi connectivity index (χ2n) is 6.70. The second-order valence-corrected chi connectivity index (χ2v) is 11.5. The van der Waals surface area contributed by atoms with E-state index >= 15 is 0 Å². The first-order valence-corrected chi connectivity index (χ1v) is 9.58. The van der Waals surface area contributed by atoms with Gasteiger partial charge in [-0.1, -0.05) is 20.8 Å². The van der Waals surface area contributed by atoms with Gasteiger partial charge in [-0.05, 0) is 25.1 Å². The summed E-state index contributed by atoms with van der Waals surface area (Å²) in [5, 5.41) is 8.98. The Kier molecular flexibility index (Phi) is 4.62. The van der Waals surface area contributed by atoms with E-state index in [0.717, 1.165) is 6.54 Å². The summed E-state index contributed by atoms with van der Waals surface area (Å²) in [6, 6.07) is 0. The fourth-order valence-electron chi connectivity index (χ4n) is 1.92. The van der Waals surface area contributed by atoms with Crippen molar-refractivity contribution in [2.45, 2.75) is 51.9 Å². The smallest absolute Gasteiger partial charge is 0.230 e. The number of rotatable bonds is 5. The minimum Gasteiger partial charge on any atom is -0.413 e. The maximum Gasteiger partial charge on any atom is 0.230 e. The van der Waals surface area contributed by atoms with Gasteiger partial charge >= 0.3 is 0 Å². The van der Waals surface area contributed by atoms with Crippen LogP contribution in [0.25, 0.3) is 0 Å². The van der Waals surface area contributed by atoms with Crippen molar-refractivity contribution < 1.29 is 14.3 Å². The maximum absolute atomic E-state index is 11.9. The van der Waals surface area contributed by atoms with Crippen molar-refractivity contribution in [3.05, 3.63) is 0 Å². The molecule has 0 spiro atoms. The van der Waals surface area contributed by atoms with Gasteiger partial charge in [0.1, 0.15) is 0 Å². The molecule has 1 aliphatic heterocycles. The van der Waals surface area contributed by atoms with Crippen molar-refractivity contribution in [2.75, 3.05) is 19.7 Å². The van der Waals surface area contributed by atoms with Crippen molar-refractivity contribution in [1.82, 2.24) is 4.90 Å². The number of aliphatic hydroxyl groups is 1.